The smallest absolute Gasteiger partial charge is 0.181 e. The first kappa shape index (κ1) is 11.6. The van der Waals surface area contributed by atoms with Crippen molar-refractivity contribution in [1.29, 1.82) is 5.26 Å². The largest absolute Gasteiger partial charge is 0.341 e. The molecule has 0 aliphatic heterocycles. The summed E-state index contributed by atoms with van der Waals surface area (Å²) in [6.45, 7) is 1.89. The Morgan fingerprint density at radius 2 is 2.11 bits per heavy atom. The van der Waals surface area contributed by atoms with Crippen molar-refractivity contribution in [3.05, 3.63) is 36.0 Å². The standard InChI is InChI=1S/C12H8N6S/c1-7-2-3-8(4-13)11(18-7)19-12-9-10(15-5-14-9)16-6-17-12/h2-3,5-6H,1H3,(H,14,15,16,17). The first-order valence-corrected chi connectivity index (χ1v) is 6.29. The zero-order valence-corrected chi connectivity index (χ0v) is 10.8. The molecule has 0 aromatic carbocycles. The van der Waals surface area contributed by atoms with Crippen LogP contribution in [0.4, 0.5) is 0 Å². The Hall–Kier alpha value is -2.46. The summed E-state index contributed by atoms with van der Waals surface area (Å²) in [7, 11) is 0. The van der Waals surface area contributed by atoms with Crippen LogP contribution in [-0.2, 0) is 0 Å². The molecule has 0 atom stereocenters. The number of imidazole rings is 1. The first-order valence-electron chi connectivity index (χ1n) is 5.47. The third kappa shape index (κ3) is 2.13. The van der Waals surface area contributed by atoms with E-state index in [0.29, 0.717) is 21.3 Å². The van der Waals surface area contributed by atoms with Gasteiger partial charge in [0.2, 0.25) is 0 Å². The third-order valence-electron chi connectivity index (χ3n) is 2.50. The van der Waals surface area contributed by atoms with Gasteiger partial charge in [-0.2, -0.15) is 5.26 Å². The predicted octanol–water partition coefficient (Wildman–Crippen LogP) is 2.08. The van der Waals surface area contributed by atoms with E-state index in [4.69, 9.17) is 5.26 Å². The first-order chi connectivity index (χ1) is 9.28. The van der Waals surface area contributed by atoms with Crippen molar-refractivity contribution in [3.8, 4) is 6.07 Å². The number of fused-ring (bicyclic) bond motifs is 1. The maximum absolute atomic E-state index is 9.10. The van der Waals surface area contributed by atoms with Crippen LogP contribution in [0, 0.1) is 18.3 Å². The second-order valence-electron chi connectivity index (χ2n) is 3.80. The van der Waals surface area contributed by atoms with Gasteiger partial charge >= 0.3 is 0 Å². The summed E-state index contributed by atoms with van der Waals surface area (Å²) in [5, 5.41) is 10.4. The molecule has 0 spiro atoms. The van der Waals surface area contributed by atoms with Gasteiger partial charge in [0.15, 0.2) is 5.65 Å². The molecule has 3 aromatic rings. The predicted molar refractivity (Wildman–Crippen MR) is 69.5 cm³/mol. The Morgan fingerprint density at radius 1 is 1.21 bits per heavy atom. The minimum Gasteiger partial charge on any atom is -0.341 e. The summed E-state index contributed by atoms with van der Waals surface area (Å²) < 4.78 is 0. The number of pyridine rings is 1. The highest BCUT2D eigenvalue weighted by atomic mass is 32.2. The maximum Gasteiger partial charge on any atom is 0.181 e. The molecule has 0 saturated heterocycles. The van der Waals surface area contributed by atoms with Crippen LogP contribution < -0.4 is 0 Å². The van der Waals surface area contributed by atoms with E-state index in [9.17, 15) is 0 Å². The fourth-order valence-electron chi connectivity index (χ4n) is 1.61. The molecule has 0 saturated carbocycles. The van der Waals surface area contributed by atoms with Crippen LogP contribution in [0.2, 0.25) is 0 Å². The molecule has 0 aliphatic rings. The molecule has 0 amide bonds. The maximum atomic E-state index is 9.10. The molecular formula is C12H8N6S. The van der Waals surface area contributed by atoms with Gasteiger partial charge in [0, 0.05) is 5.69 Å². The number of rotatable bonds is 2. The van der Waals surface area contributed by atoms with Gasteiger partial charge in [0.1, 0.15) is 28.0 Å². The van der Waals surface area contributed by atoms with Crippen molar-refractivity contribution in [2.45, 2.75) is 17.0 Å². The van der Waals surface area contributed by atoms with E-state index in [1.54, 1.807) is 12.4 Å². The Morgan fingerprint density at radius 3 is 2.95 bits per heavy atom. The number of aromatic amines is 1. The number of aromatic nitrogens is 5. The second-order valence-corrected chi connectivity index (χ2v) is 4.78. The fraction of sp³-hybridized carbons (Fsp3) is 0.0833. The lowest BCUT2D eigenvalue weighted by Crippen LogP contribution is -1.92. The summed E-state index contributed by atoms with van der Waals surface area (Å²) in [5.41, 5.74) is 2.74. The lowest BCUT2D eigenvalue weighted by molar-refractivity contribution is 1.03. The Kier molecular flexibility index (Phi) is 2.85. The van der Waals surface area contributed by atoms with E-state index >= 15 is 0 Å². The van der Waals surface area contributed by atoms with E-state index < -0.39 is 0 Å². The molecule has 3 aromatic heterocycles. The third-order valence-corrected chi connectivity index (χ3v) is 3.51. The quantitative estimate of drug-likeness (QED) is 0.715. The average molecular weight is 268 g/mol. The van der Waals surface area contributed by atoms with Crippen LogP contribution in [0.25, 0.3) is 11.2 Å². The molecule has 3 heterocycles. The van der Waals surface area contributed by atoms with Gasteiger partial charge in [-0.3, -0.25) is 0 Å². The van der Waals surface area contributed by atoms with Crippen LogP contribution in [0.5, 0.6) is 0 Å². The molecule has 0 unspecified atom stereocenters. The number of nitrogens with one attached hydrogen (secondary N) is 1. The summed E-state index contributed by atoms with van der Waals surface area (Å²) in [6, 6.07) is 5.71. The normalized spacial score (nSPS) is 10.5. The summed E-state index contributed by atoms with van der Waals surface area (Å²) in [4.78, 5) is 19.7. The van der Waals surface area contributed by atoms with Gasteiger partial charge in [-0.15, -0.1) is 0 Å². The van der Waals surface area contributed by atoms with E-state index in [-0.39, 0.29) is 0 Å². The molecule has 0 aliphatic carbocycles. The summed E-state index contributed by atoms with van der Waals surface area (Å²) >= 11 is 1.33. The minimum absolute atomic E-state index is 0.530. The van der Waals surface area contributed by atoms with Gasteiger partial charge in [-0.05, 0) is 30.8 Å². The number of aryl methyl sites for hydroxylation is 1. The SMILES string of the molecule is Cc1ccc(C#N)c(Sc2ncnc3nc[nH]c23)n1. The summed E-state index contributed by atoms with van der Waals surface area (Å²) in [5.74, 6) is 0. The van der Waals surface area contributed by atoms with E-state index in [0.717, 1.165) is 11.2 Å². The number of nitrogens with zero attached hydrogens (tertiary/aromatic N) is 5. The topological polar surface area (TPSA) is 91.1 Å². The zero-order valence-electron chi connectivity index (χ0n) is 9.95. The van der Waals surface area contributed by atoms with Gasteiger partial charge in [0.05, 0.1) is 11.9 Å². The highest BCUT2D eigenvalue weighted by Crippen LogP contribution is 2.30. The van der Waals surface area contributed by atoms with Crippen molar-refractivity contribution in [3.63, 3.8) is 0 Å². The van der Waals surface area contributed by atoms with E-state index in [2.05, 4.69) is 31.0 Å². The Labute approximate surface area is 113 Å². The average Bonchev–Trinajstić information content (AvgIpc) is 2.88. The second kappa shape index (κ2) is 4.66. The van der Waals surface area contributed by atoms with Crippen molar-refractivity contribution in [2.75, 3.05) is 0 Å². The monoisotopic (exact) mass is 268 g/mol. The molecule has 0 radical (unpaired) electrons. The Bertz CT molecular complexity index is 788. The van der Waals surface area contributed by atoms with Crippen LogP contribution in [-0.4, -0.2) is 24.9 Å². The molecule has 0 fully saturated rings. The lowest BCUT2D eigenvalue weighted by Gasteiger charge is -2.03. The van der Waals surface area contributed by atoms with Crippen LogP contribution in [0.15, 0.2) is 34.8 Å². The fourth-order valence-corrected chi connectivity index (χ4v) is 2.56. The molecule has 19 heavy (non-hydrogen) atoms. The van der Waals surface area contributed by atoms with Crippen LogP contribution >= 0.6 is 11.8 Å². The number of H-pyrrole nitrogens is 1. The highest BCUT2D eigenvalue weighted by molar-refractivity contribution is 7.99. The highest BCUT2D eigenvalue weighted by Gasteiger charge is 2.11. The zero-order chi connectivity index (χ0) is 13.2. The summed E-state index contributed by atoms with van der Waals surface area (Å²) in [6.07, 6.45) is 3.02. The molecule has 7 heteroatoms. The Balaban J connectivity index is 2.09. The minimum atomic E-state index is 0.530. The van der Waals surface area contributed by atoms with E-state index in [1.807, 2.05) is 13.0 Å². The number of hydrogen-bond donors (Lipinski definition) is 1. The van der Waals surface area contributed by atoms with Gasteiger partial charge in [-0.25, -0.2) is 19.9 Å². The molecular weight excluding hydrogens is 260 g/mol. The van der Waals surface area contributed by atoms with Gasteiger partial charge in [0.25, 0.3) is 0 Å². The lowest BCUT2D eigenvalue weighted by atomic mass is 10.3. The molecule has 0 bridgehead atoms. The molecule has 6 nitrogen and oxygen atoms in total. The number of hydrogen-bond acceptors (Lipinski definition) is 6. The van der Waals surface area contributed by atoms with Crippen molar-refractivity contribution in [1.82, 2.24) is 24.9 Å². The molecule has 1 N–H and O–H groups in total. The molecule has 92 valence electrons. The van der Waals surface area contributed by atoms with E-state index in [1.165, 1.54) is 18.1 Å². The van der Waals surface area contributed by atoms with Gasteiger partial charge < -0.3 is 4.98 Å². The van der Waals surface area contributed by atoms with Crippen molar-refractivity contribution < 1.29 is 0 Å². The number of nitriles is 1. The van der Waals surface area contributed by atoms with Gasteiger partial charge in [-0.1, -0.05) is 0 Å². The van der Waals surface area contributed by atoms with Crippen LogP contribution in [0.3, 0.4) is 0 Å². The van der Waals surface area contributed by atoms with Crippen LogP contribution in [0.1, 0.15) is 11.3 Å². The van der Waals surface area contributed by atoms with Crippen molar-refractivity contribution in [2.24, 2.45) is 0 Å². The van der Waals surface area contributed by atoms with Crippen molar-refractivity contribution >= 4 is 22.9 Å². The molecule has 3 rings (SSSR count).